The summed E-state index contributed by atoms with van der Waals surface area (Å²) in [5.41, 5.74) is 5.07. The lowest BCUT2D eigenvalue weighted by atomic mass is 10.2. The van der Waals surface area contributed by atoms with E-state index in [1.54, 1.807) is 12.1 Å². The largest absolute Gasteiger partial charge is 0.508 e. The number of hydrogen-bond donors (Lipinski definition) is 3. The number of nitrogens with one attached hydrogen (secondary N) is 1. The van der Waals surface area contributed by atoms with Crippen molar-refractivity contribution in [3.63, 3.8) is 0 Å². The zero-order valence-electron chi connectivity index (χ0n) is 10.3. The van der Waals surface area contributed by atoms with Gasteiger partial charge < -0.3 is 10.2 Å². The first kappa shape index (κ1) is 13.2. The van der Waals surface area contributed by atoms with Crippen molar-refractivity contribution in [1.82, 2.24) is 0 Å². The first-order valence-electron chi connectivity index (χ1n) is 5.63. The molecule has 0 fully saturated rings. The Morgan fingerprint density at radius 2 is 1.95 bits per heavy atom. The molecule has 3 N–H and O–H groups in total. The van der Waals surface area contributed by atoms with Gasteiger partial charge in [-0.15, -0.1) is 0 Å². The van der Waals surface area contributed by atoms with E-state index in [-0.39, 0.29) is 11.5 Å². The number of rotatable bonds is 3. The van der Waals surface area contributed by atoms with E-state index in [1.165, 1.54) is 18.3 Å². The van der Waals surface area contributed by atoms with Gasteiger partial charge in [0.05, 0.1) is 11.9 Å². The third kappa shape index (κ3) is 3.39. The molecule has 0 aromatic heterocycles. The van der Waals surface area contributed by atoms with Crippen molar-refractivity contribution in [2.45, 2.75) is 6.92 Å². The number of hydrogen-bond acceptors (Lipinski definition) is 4. The van der Waals surface area contributed by atoms with Crippen LogP contribution < -0.4 is 5.43 Å². The quantitative estimate of drug-likeness (QED) is 0.594. The molecule has 0 aliphatic carbocycles. The summed E-state index contributed by atoms with van der Waals surface area (Å²) >= 11 is 5.99. The Hall–Kier alpha value is -2.20. The molecule has 2 aromatic carbocycles. The number of halogens is 1. The highest BCUT2D eigenvalue weighted by Gasteiger charge is 1.99. The van der Waals surface area contributed by atoms with Crippen LogP contribution in [0, 0.1) is 6.92 Å². The van der Waals surface area contributed by atoms with E-state index in [2.05, 4.69) is 10.5 Å². The molecule has 0 aliphatic heterocycles. The second-order valence-corrected chi connectivity index (χ2v) is 4.48. The highest BCUT2D eigenvalue weighted by molar-refractivity contribution is 6.31. The van der Waals surface area contributed by atoms with Crippen LogP contribution in [0.1, 0.15) is 11.1 Å². The van der Waals surface area contributed by atoms with Crippen molar-refractivity contribution in [3.05, 3.63) is 52.5 Å². The molecule has 0 radical (unpaired) electrons. The molecule has 0 bridgehead atoms. The van der Waals surface area contributed by atoms with Crippen LogP contribution >= 0.6 is 11.6 Å². The van der Waals surface area contributed by atoms with E-state index in [1.807, 2.05) is 19.1 Å². The summed E-state index contributed by atoms with van der Waals surface area (Å²) < 4.78 is 0. The lowest BCUT2D eigenvalue weighted by Crippen LogP contribution is -1.91. The van der Waals surface area contributed by atoms with Gasteiger partial charge in [-0.2, -0.15) is 5.10 Å². The van der Waals surface area contributed by atoms with Crippen molar-refractivity contribution in [1.29, 1.82) is 0 Å². The molecule has 5 heteroatoms. The molecule has 98 valence electrons. The Morgan fingerprint density at radius 3 is 2.63 bits per heavy atom. The van der Waals surface area contributed by atoms with Crippen LogP contribution in [-0.4, -0.2) is 16.4 Å². The van der Waals surface area contributed by atoms with Crippen LogP contribution in [0.3, 0.4) is 0 Å². The summed E-state index contributed by atoms with van der Waals surface area (Å²) in [6.07, 6.45) is 1.46. The summed E-state index contributed by atoms with van der Waals surface area (Å²) in [6.45, 7) is 1.92. The lowest BCUT2D eigenvalue weighted by Gasteiger charge is -2.03. The van der Waals surface area contributed by atoms with Gasteiger partial charge in [0, 0.05) is 16.7 Å². The monoisotopic (exact) mass is 276 g/mol. The summed E-state index contributed by atoms with van der Waals surface area (Å²) in [4.78, 5) is 0. The smallest absolute Gasteiger partial charge is 0.128 e. The normalized spacial score (nSPS) is 10.8. The van der Waals surface area contributed by atoms with Gasteiger partial charge in [-0.3, -0.25) is 5.43 Å². The van der Waals surface area contributed by atoms with Crippen molar-refractivity contribution in [2.24, 2.45) is 5.10 Å². The average molecular weight is 277 g/mol. The Morgan fingerprint density at radius 1 is 1.16 bits per heavy atom. The second kappa shape index (κ2) is 5.63. The Kier molecular flexibility index (Phi) is 3.92. The van der Waals surface area contributed by atoms with Crippen molar-refractivity contribution in [2.75, 3.05) is 5.43 Å². The van der Waals surface area contributed by atoms with Crippen LogP contribution in [0.4, 0.5) is 5.69 Å². The topological polar surface area (TPSA) is 64.9 Å². The molecule has 0 aliphatic rings. The van der Waals surface area contributed by atoms with Gasteiger partial charge in [0.1, 0.15) is 11.5 Å². The number of benzene rings is 2. The van der Waals surface area contributed by atoms with Crippen LogP contribution in [0.2, 0.25) is 5.02 Å². The van der Waals surface area contributed by atoms with Crippen LogP contribution in [0.15, 0.2) is 41.5 Å². The zero-order chi connectivity index (χ0) is 13.8. The summed E-state index contributed by atoms with van der Waals surface area (Å²) in [5.74, 6) is -0.0274. The standard InChI is InChI=1S/C14H13ClN2O2/c1-9-2-4-11(6-13(9)15)17-16-8-10-3-5-12(18)7-14(10)19/h2-8,17-19H,1H3. The zero-order valence-corrected chi connectivity index (χ0v) is 11.0. The minimum atomic E-state index is -0.0347. The van der Waals surface area contributed by atoms with Gasteiger partial charge in [0.25, 0.3) is 0 Å². The van der Waals surface area contributed by atoms with Gasteiger partial charge in [0.15, 0.2) is 0 Å². The predicted octanol–water partition coefficient (Wildman–Crippen LogP) is 3.51. The minimum absolute atomic E-state index is 0.00734. The molecule has 0 saturated heterocycles. The fraction of sp³-hybridized carbons (Fsp3) is 0.0714. The van der Waals surface area contributed by atoms with E-state index in [9.17, 15) is 5.11 Å². The Balaban J connectivity index is 2.09. The lowest BCUT2D eigenvalue weighted by molar-refractivity contribution is 0.450. The number of anilines is 1. The van der Waals surface area contributed by atoms with E-state index in [0.717, 1.165) is 11.3 Å². The number of hydrazone groups is 1. The average Bonchev–Trinajstić information content (AvgIpc) is 2.36. The maximum absolute atomic E-state index is 9.57. The molecule has 0 heterocycles. The van der Waals surface area contributed by atoms with Gasteiger partial charge in [-0.05, 0) is 36.8 Å². The van der Waals surface area contributed by atoms with Crippen molar-refractivity contribution < 1.29 is 10.2 Å². The van der Waals surface area contributed by atoms with Crippen molar-refractivity contribution in [3.8, 4) is 11.5 Å². The van der Waals surface area contributed by atoms with E-state index in [0.29, 0.717) is 10.6 Å². The molecule has 2 rings (SSSR count). The molecular formula is C14H13ClN2O2. The van der Waals surface area contributed by atoms with Crippen LogP contribution in [0.5, 0.6) is 11.5 Å². The summed E-state index contributed by atoms with van der Waals surface area (Å²) in [7, 11) is 0. The molecule has 0 amide bonds. The molecule has 0 saturated carbocycles. The highest BCUT2D eigenvalue weighted by atomic mass is 35.5. The number of aryl methyl sites for hydroxylation is 1. The fourth-order valence-corrected chi connectivity index (χ4v) is 1.66. The summed E-state index contributed by atoms with van der Waals surface area (Å²) in [6, 6.07) is 9.81. The van der Waals surface area contributed by atoms with Crippen molar-refractivity contribution >= 4 is 23.5 Å². The first-order chi connectivity index (χ1) is 9.06. The molecular weight excluding hydrogens is 264 g/mol. The fourth-order valence-electron chi connectivity index (χ4n) is 1.48. The molecule has 4 nitrogen and oxygen atoms in total. The van der Waals surface area contributed by atoms with Gasteiger partial charge in [-0.25, -0.2) is 0 Å². The highest BCUT2D eigenvalue weighted by Crippen LogP contribution is 2.22. The predicted molar refractivity (Wildman–Crippen MR) is 77.2 cm³/mol. The molecule has 0 spiro atoms. The maximum Gasteiger partial charge on any atom is 0.128 e. The molecule has 19 heavy (non-hydrogen) atoms. The maximum atomic E-state index is 9.57. The Labute approximate surface area is 116 Å². The van der Waals surface area contributed by atoms with Gasteiger partial charge in [-0.1, -0.05) is 17.7 Å². The Bertz CT molecular complexity index is 627. The van der Waals surface area contributed by atoms with Crippen LogP contribution in [-0.2, 0) is 0 Å². The molecule has 2 aromatic rings. The summed E-state index contributed by atoms with van der Waals surface area (Å²) in [5, 5.41) is 23.4. The number of phenols is 2. The van der Waals surface area contributed by atoms with E-state index >= 15 is 0 Å². The first-order valence-corrected chi connectivity index (χ1v) is 6.01. The second-order valence-electron chi connectivity index (χ2n) is 4.08. The van der Waals surface area contributed by atoms with Gasteiger partial charge >= 0.3 is 0 Å². The SMILES string of the molecule is Cc1ccc(NN=Cc2ccc(O)cc2O)cc1Cl. The third-order valence-electron chi connectivity index (χ3n) is 2.58. The van der Waals surface area contributed by atoms with E-state index in [4.69, 9.17) is 16.7 Å². The van der Waals surface area contributed by atoms with Gasteiger partial charge in [0.2, 0.25) is 0 Å². The number of aromatic hydroxyl groups is 2. The molecule has 0 atom stereocenters. The third-order valence-corrected chi connectivity index (χ3v) is 2.99. The number of nitrogens with zero attached hydrogens (tertiary/aromatic N) is 1. The minimum Gasteiger partial charge on any atom is -0.508 e. The molecule has 0 unspecified atom stereocenters. The number of phenolic OH excluding ortho intramolecular Hbond substituents is 2. The van der Waals surface area contributed by atoms with Crippen LogP contribution in [0.25, 0.3) is 0 Å². The van der Waals surface area contributed by atoms with E-state index < -0.39 is 0 Å².